The summed E-state index contributed by atoms with van der Waals surface area (Å²) in [5.41, 5.74) is 0. The number of hydrogen-bond acceptors (Lipinski definition) is 0. The van der Waals surface area contributed by atoms with Crippen LogP contribution in [-0.4, -0.2) is 29.7 Å². The van der Waals surface area contributed by atoms with Gasteiger partial charge in [0.15, 0.2) is 0 Å². The standard InChI is InChI=1S/C15H28N/c1-2-3-5-15(12-13-8-9-13)16(10-11-16)14-6-4-7-14/h13-15H,2-12H2,1H3/q+1. The van der Waals surface area contributed by atoms with Crippen LogP contribution in [0, 0.1) is 5.92 Å². The van der Waals surface area contributed by atoms with E-state index < -0.39 is 0 Å². The van der Waals surface area contributed by atoms with E-state index in [4.69, 9.17) is 0 Å². The fourth-order valence-corrected chi connectivity index (χ4v) is 3.81. The van der Waals surface area contributed by atoms with E-state index in [0.29, 0.717) is 0 Å². The lowest BCUT2D eigenvalue weighted by atomic mass is 9.88. The molecule has 16 heavy (non-hydrogen) atoms. The summed E-state index contributed by atoms with van der Waals surface area (Å²) in [7, 11) is 0. The largest absolute Gasteiger partial charge is 0.309 e. The van der Waals surface area contributed by atoms with E-state index in [-0.39, 0.29) is 0 Å². The Hall–Kier alpha value is -0.0400. The molecule has 0 spiro atoms. The SMILES string of the molecule is CCCCC(CC1CC1)[N+]1(C2CCC2)CC1. The van der Waals surface area contributed by atoms with E-state index >= 15 is 0 Å². The maximum atomic E-state index is 2.35. The zero-order valence-corrected chi connectivity index (χ0v) is 11.0. The van der Waals surface area contributed by atoms with Crippen molar-refractivity contribution in [2.24, 2.45) is 5.92 Å². The van der Waals surface area contributed by atoms with E-state index in [2.05, 4.69) is 6.92 Å². The molecule has 0 N–H and O–H groups in total. The minimum absolute atomic E-state index is 1.07. The first-order valence-corrected chi connectivity index (χ1v) is 7.71. The smallest absolute Gasteiger partial charge is 0.129 e. The van der Waals surface area contributed by atoms with Crippen LogP contribution >= 0.6 is 0 Å². The van der Waals surface area contributed by atoms with Crippen LogP contribution in [0.1, 0.15) is 64.7 Å². The lowest BCUT2D eigenvalue weighted by molar-refractivity contribution is -0.861. The van der Waals surface area contributed by atoms with Gasteiger partial charge in [0.2, 0.25) is 0 Å². The molecule has 1 atom stereocenters. The zero-order chi connectivity index (χ0) is 11.0. The van der Waals surface area contributed by atoms with Crippen molar-refractivity contribution in [2.45, 2.75) is 76.8 Å². The highest BCUT2D eigenvalue weighted by molar-refractivity contribution is 4.85. The van der Waals surface area contributed by atoms with Crippen molar-refractivity contribution in [3.8, 4) is 0 Å². The van der Waals surface area contributed by atoms with Crippen LogP contribution in [0.2, 0.25) is 0 Å². The van der Waals surface area contributed by atoms with Gasteiger partial charge < -0.3 is 4.48 Å². The fourth-order valence-electron chi connectivity index (χ4n) is 3.81. The van der Waals surface area contributed by atoms with E-state index in [9.17, 15) is 0 Å². The number of quaternary nitrogens is 1. The summed E-state index contributed by atoms with van der Waals surface area (Å²) in [6.07, 6.45) is 13.7. The van der Waals surface area contributed by atoms with Gasteiger partial charge in [0.1, 0.15) is 13.1 Å². The average Bonchev–Trinajstić information content (AvgIpc) is 3.03. The van der Waals surface area contributed by atoms with E-state index in [0.717, 1.165) is 18.0 Å². The first-order chi connectivity index (χ1) is 7.85. The van der Waals surface area contributed by atoms with E-state index in [1.54, 1.807) is 36.6 Å². The molecule has 3 aliphatic rings. The summed E-state index contributed by atoms with van der Waals surface area (Å²) >= 11 is 0. The Kier molecular flexibility index (Phi) is 2.99. The highest BCUT2D eigenvalue weighted by atomic mass is 15.5. The number of hydrogen-bond donors (Lipinski definition) is 0. The lowest BCUT2D eigenvalue weighted by Gasteiger charge is -2.40. The molecule has 1 heterocycles. The first kappa shape index (κ1) is 11.1. The molecule has 3 fully saturated rings. The molecular formula is C15H28N+. The second kappa shape index (κ2) is 4.33. The van der Waals surface area contributed by atoms with Crippen LogP contribution in [0.5, 0.6) is 0 Å². The lowest BCUT2D eigenvalue weighted by Crippen LogP contribution is -2.49. The van der Waals surface area contributed by atoms with Crippen molar-refractivity contribution in [3.05, 3.63) is 0 Å². The maximum absolute atomic E-state index is 2.35. The summed E-state index contributed by atoms with van der Waals surface area (Å²) in [5, 5.41) is 0. The van der Waals surface area contributed by atoms with Crippen LogP contribution in [0.4, 0.5) is 0 Å². The van der Waals surface area contributed by atoms with Gasteiger partial charge in [-0.25, -0.2) is 0 Å². The third-order valence-corrected chi connectivity index (χ3v) is 5.46. The Bertz CT molecular complexity index is 236. The predicted octanol–water partition coefficient (Wildman–Crippen LogP) is 3.73. The minimum atomic E-state index is 1.07. The first-order valence-electron chi connectivity index (χ1n) is 7.71. The summed E-state index contributed by atoms with van der Waals surface area (Å²) < 4.78 is 1.58. The van der Waals surface area contributed by atoms with Gasteiger partial charge in [-0.05, 0) is 50.9 Å². The summed E-state index contributed by atoms with van der Waals surface area (Å²) in [6, 6.07) is 2.17. The number of rotatable bonds is 7. The van der Waals surface area contributed by atoms with Crippen molar-refractivity contribution < 1.29 is 4.48 Å². The highest BCUT2D eigenvalue weighted by Gasteiger charge is 2.56. The molecule has 2 aliphatic carbocycles. The third kappa shape index (κ3) is 2.03. The molecule has 1 saturated heterocycles. The summed E-state index contributed by atoms with van der Waals surface area (Å²) in [4.78, 5) is 0. The topological polar surface area (TPSA) is 0 Å². The molecular weight excluding hydrogens is 194 g/mol. The summed E-state index contributed by atoms with van der Waals surface area (Å²) in [5.74, 6) is 1.14. The maximum Gasteiger partial charge on any atom is 0.129 e. The molecule has 1 heteroatoms. The second-order valence-corrected chi connectivity index (χ2v) is 6.61. The predicted molar refractivity (Wildman–Crippen MR) is 68.3 cm³/mol. The average molecular weight is 222 g/mol. The molecule has 0 aromatic carbocycles. The van der Waals surface area contributed by atoms with E-state index in [1.807, 2.05) is 0 Å². The molecule has 0 bridgehead atoms. The van der Waals surface area contributed by atoms with Crippen LogP contribution in [0.15, 0.2) is 0 Å². The normalized spacial score (nSPS) is 29.8. The van der Waals surface area contributed by atoms with Gasteiger partial charge in [0, 0.05) is 6.42 Å². The Balaban J connectivity index is 1.60. The van der Waals surface area contributed by atoms with Crippen molar-refractivity contribution in [3.63, 3.8) is 0 Å². The zero-order valence-electron chi connectivity index (χ0n) is 11.0. The molecule has 0 aromatic rings. The van der Waals surface area contributed by atoms with Gasteiger partial charge in [-0.15, -0.1) is 0 Å². The number of unbranched alkanes of at least 4 members (excludes halogenated alkanes) is 1. The van der Waals surface area contributed by atoms with E-state index in [1.165, 1.54) is 38.8 Å². The molecule has 0 amide bonds. The molecule has 3 rings (SSSR count). The van der Waals surface area contributed by atoms with Gasteiger partial charge >= 0.3 is 0 Å². The molecule has 92 valence electrons. The Morgan fingerprint density at radius 3 is 2.31 bits per heavy atom. The van der Waals surface area contributed by atoms with Crippen LogP contribution < -0.4 is 0 Å². The van der Waals surface area contributed by atoms with Crippen LogP contribution in [0.3, 0.4) is 0 Å². The van der Waals surface area contributed by atoms with Crippen molar-refractivity contribution >= 4 is 0 Å². The Labute approximate surface area is 101 Å². The van der Waals surface area contributed by atoms with Crippen LogP contribution in [-0.2, 0) is 0 Å². The summed E-state index contributed by atoms with van der Waals surface area (Å²) in [6.45, 7) is 5.42. The molecule has 1 unspecified atom stereocenters. The molecule has 1 aliphatic heterocycles. The number of nitrogens with zero attached hydrogens (tertiary/aromatic N) is 1. The van der Waals surface area contributed by atoms with Crippen molar-refractivity contribution in [2.75, 3.05) is 13.1 Å². The monoisotopic (exact) mass is 222 g/mol. The minimum Gasteiger partial charge on any atom is -0.309 e. The highest BCUT2D eigenvalue weighted by Crippen LogP contribution is 2.46. The molecule has 1 nitrogen and oxygen atoms in total. The molecule has 0 aromatic heterocycles. The third-order valence-electron chi connectivity index (χ3n) is 5.46. The fraction of sp³-hybridized carbons (Fsp3) is 1.00. The van der Waals surface area contributed by atoms with Crippen LogP contribution in [0.25, 0.3) is 0 Å². The Morgan fingerprint density at radius 1 is 1.12 bits per heavy atom. The van der Waals surface area contributed by atoms with Gasteiger partial charge in [-0.2, -0.15) is 0 Å². The van der Waals surface area contributed by atoms with Crippen molar-refractivity contribution in [1.82, 2.24) is 0 Å². The molecule has 0 radical (unpaired) electrons. The van der Waals surface area contributed by atoms with Gasteiger partial charge in [0.25, 0.3) is 0 Å². The Morgan fingerprint density at radius 2 is 1.88 bits per heavy atom. The quantitative estimate of drug-likeness (QED) is 0.455. The van der Waals surface area contributed by atoms with Crippen molar-refractivity contribution in [1.29, 1.82) is 0 Å². The van der Waals surface area contributed by atoms with Gasteiger partial charge in [0.05, 0.1) is 12.1 Å². The van der Waals surface area contributed by atoms with Gasteiger partial charge in [-0.1, -0.05) is 13.3 Å². The second-order valence-electron chi connectivity index (χ2n) is 6.61. The van der Waals surface area contributed by atoms with Gasteiger partial charge in [-0.3, -0.25) is 0 Å². The molecule has 2 saturated carbocycles.